The van der Waals surface area contributed by atoms with Crippen LogP contribution < -0.4 is 5.32 Å². The molecule has 1 aromatic heterocycles. The molecule has 8 nitrogen and oxygen atoms in total. The highest BCUT2D eigenvalue weighted by Gasteiger charge is 2.23. The molecule has 1 saturated heterocycles. The van der Waals surface area contributed by atoms with Gasteiger partial charge in [-0.15, -0.1) is 0 Å². The zero-order chi connectivity index (χ0) is 15.1. The van der Waals surface area contributed by atoms with Gasteiger partial charge in [-0.25, -0.2) is 14.8 Å². The predicted octanol–water partition coefficient (Wildman–Crippen LogP) is 0.964. The molecule has 2 heterocycles. The van der Waals surface area contributed by atoms with E-state index in [2.05, 4.69) is 15.3 Å². The number of rotatable bonds is 5. The Labute approximate surface area is 122 Å². The van der Waals surface area contributed by atoms with Crippen molar-refractivity contribution in [1.29, 1.82) is 0 Å². The normalized spacial score (nSPS) is 15.7. The summed E-state index contributed by atoms with van der Waals surface area (Å²) in [5.41, 5.74) is 0.558. The SMILES string of the molecule is O=C(O)CCOC1CCN(C(=O)Nc2cncnc2)CC1. The van der Waals surface area contributed by atoms with E-state index in [1.165, 1.54) is 18.7 Å². The van der Waals surface area contributed by atoms with E-state index in [1.807, 2.05) is 0 Å². The molecule has 0 spiro atoms. The zero-order valence-electron chi connectivity index (χ0n) is 11.6. The number of carbonyl (C=O) groups is 2. The van der Waals surface area contributed by atoms with Gasteiger partial charge in [-0.1, -0.05) is 0 Å². The van der Waals surface area contributed by atoms with E-state index in [9.17, 15) is 9.59 Å². The first-order valence-corrected chi connectivity index (χ1v) is 6.79. The molecule has 1 aliphatic heterocycles. The van der Waals surface area contributed by atoms with Crippen molar-refractivity contribution in [3.05, 3.63) is 18.7 Å². The van der Waals surface area contributed by atoms with E-state index >= 15 is 0 Å². The Morgan fingerprint density at radius 1 is 1.33 bits per heavy atom. The lowest BCUT2D eigenvalue weighted by molar-refractivity contribution is -0.138. The van der Waals surface area contributed by atoms with Gasteiger partial charge in [0.05, 0.1) is 37.2 Å². The fourth-order valence-electron chi connectivity index (χ4n) is 2.10. The van der Waals surface area contributed by atoms with E-state index in [4.69, 9.17) is 9.84 Å². The number of hydrogen-bond donors (Lipinski definition) is 2. The van der Waals surface area contributed by atoms with Crippen molar-refractivity contribution >= 4 is 17.7 Å². The lowest BCUT2D eigenvalue weighted by Crippen LogP contribution is -2.43. The van der Waals surface area contributed by atoms with Crippen molar-refractivity contribution in [3.63, 3.8) is 0 Å². The maximum Gasteiger partial charge on any atom is 0.321 e. The maximum atomic E-state index is 12.0. The lowest BCUT2D eigenvalue weighted by atomic mass is 10.1. The van der Waals surface area contributed by atoms with Crippen molar-refractivity contribution < 1.29 is 19.4 Å². The minimum absolute atomic E-state index is 0.00864. The third-order valence-electron chi connectivity index (χ3n) is 3.21. The Morgan fingerprint density at radius 2 is 2.00 bits per heavy atom. The minimum Gasteiger partial charge on any atom is -0.481 e. The van der Waals surface area contributed by atoms with Gasteiger partial charge in [-0.2, -0.15) is 0 Å². The molecule has 2 N–H and O–H groups in total. The standard InChI is InChI=1S/C13H18N4O4/c18-12(19)3-6-21-11-1-4-17(5-2-11)13(20)16-10-7-14-9-15-8-10/h7-9,11H,1-6H2,(H,16,20)(H,18,19). The summed E-state index contributed by atoms with van der Waals surface area (Å²) in [6.07, 6.45) is 5.91. The number of aromatic nitrogens is 2. The van der Waals surface area contributed by atoms with E-state index in [1.54, 1.807) is 4.90 Å². The molecule has 0 saturated carbocycles. The number of nitrogens with one attached hydrogen (secondary N) is 1. The number of amides is 2. The molecule has 114 valence electrons. The summed E-state index contributed by atoms with van der Waals surface area (Å²) in [4.78, 5) is 31.8. The first-order chi connectivity index (χ1) is 10.1. The molecule has 1 aromatic rings. The van der Waals surface area contributed by atoms with Crippen LogP contribution in [0.1, 0.15) is 19.3 Å². The van der Waals surface area contributed by atoms with Crippen LogP contribution in [0.15, 0.2) is 18.7 Å². The second-order valence-corrected chi connectivity index (χ2v) is 4.76. The smallest absolute Gasteiger partial charge is 0.321 e. The van der Waals surface area contributed by atoms with E-state index in [-0.39, 0.29) is 25.2 Å². The Balaban J connectivity index is 1.71. The fourth-order valence-corrected chi connectivity index (χ4v) is 2.10. The molecule has 0 radical (unpaired) electrons. The molecule has 0 unspecified atom stereocenters. The van der Waals surface area contributed by atoms with Crippen LogP contribution in [-0.4, -0.2) is 57.8 Å². The van der Waals surface area contributed by atoms with E-state index in [0.717, 1.165) is 0 Å². The van der Waals surface area contributed by atoms with Crippen LogP contribution in [0.4, 0.5) is 10.5 Å². The van der Waals surface area contributed by atoms with Crippen molar-refractivity contribution in [2.75, 3.05) is 25.0 Å². The average Bonchev–Trinajstić information content (AvgIpc) is 2.48. The number of carboxylic acids is 1. The molecule has 2 amide bonds. The van der Waals surface area contributed by atoms with Crippen molar-refractivity contribution in [1.82, 2.24) is 14.9 Å². The van der Waals surface area contributed by atoms with E-state index in [0.29, 0.717) is 31.6 Å². The molecule has 8 heteroatoms. The number of aliphatic carboxylic acids is 1. The third-order valence-corrected chi connectivity index (χ3v) is 3.21. The first-order valence-electron chi connectivity index (χ1n) is 6.79. The molecule has 2 rings (SSSR count). The fraction of sp³-hybridized carbons (Fsp3) is 0.538. The maximum absolute atomic E-state index is 12.0. The summed E-state index contributed by atoms with van der Waals surface area (Å²) in [6, 6.07) is -0.186. The summed E-state index contributed by atoms with van der Waals surface area (Å²) in [5.74, 6) is -0.864. The van der Waals surface area contributed by atoms with Gasteiger partial charge < -0.3 is 20.1 Å². The van der Waals surface area contributed by atoms with Gasteiger partial charge in [0, 0.05) is 13.1 Å². The third kappa shape index (κ3) is 4.99. The molecular formula is C13H18N4O4. The Hall–Kier alpha value is -2.22. The molecule has 1 fully saturated rings. The van der Waals surface area contributed by atoms with Crippen LogP contribution in [0.2, 0.25) is 0 Å². The van der Waals surface area contributed by atoms with Gasteiger partial charge in [0.25, 0.3) is 0 Å². The average molecular weight is 294 g/mol. The highest BCUT2D eigenvalue weighted by atomic mass is 16.5. The number of carboxylic acid groups (broad SMARTS) is 1. The Kier molecular flexibility index (Phi) is 5.44. The molecular weight excluding hydrogens is 276 g/mol. The summed E-state index contributed by atoms with van der Waals surface area (Å²) in [5, 5.41) is 11.3. The van der Waals surface area contributed by atoms with Crippen molar-refractivity contribution in [2.45, 2.75) is 25.4 Å². The van der Waals surface area contributed by atoms with Crippen LogP contribution in [0.25, 0.3) is 0 Å². The largest absolute Gasteiger partial charge is 0.481 e. The predicted molar refractivity (Wildman–Crippen MR) is 73.9 cm³/mol. The van der Waals surface area contributed by atoms with Gasteiger partial charge in [-0.05, 0) is 12.8 Å². The molecule has 0 atom stereocenters. The second-order valence-electron chi connectivity index (χ2n) is 4.76. The van der Waals surface area contributed by atoms with Gasteiger partial charge >= 0.3 is 12.0 Å². The van der Waals surface area contributed by atoms with Gasteiger partial charge in [0.2, 0.25) is 0 Å². The van der Waals surface area contributed by atoms with Crippen LogP contribution in [0.3, 0.4) is 0 Å². The highest BCUT2D eigenvalue weighted by Crippen LogP contribution is 2.15. The van der Waals surface area contributed by atoms with Gasteiger partial charge in [0.1, 0.15) is 6.33 Å². The summed E-state index contributed by atoms with van der Waals surface area (Å²) >= 11 is 0. The molecule has 0 aliphatic carbocycles. The number of ether oxygens (including phenoxy) is 1. The summed E-state index contributed by atoms with van der Waals surface area (Å²) < 4.78 is 5.48. The van der Waals surface area contributed by atoms with Crippen molar-refractivity contribution in [2.24, 2.45) is 0 Å². The van der Waals surface area contributed by atoms with Crippen LogP contribution in [0, 0.1) is 0 Å². The molecule has 0 aromatic carbocycles. The monoisotopic (exact) mass is 294 g/mol. The number of anilines is 1. The second kappa shape index (κ2) is 7.53. The quantitative estimate of drug-likeness (QED) is 0.838. The minimum atomic E-state index is -0.864. The Bertz CT molecular complexity index is 474. The van der Waals surface area contributed by atoms with Crippen LogP contribution in [-0.2, 0) is 9.53 Å². The van der Waals surface area contributed by atoms with E-state index < -0.39 is 5.97 Å². The van der Waals surface area contributed by atoms with Crippen molar-refractivity contribution in [3.8, 4) is 0 Å². The van der Waals surface area contributed by atoms with Crippen LogP contribution in [0.5, 0.6) is 0 Å². The summed E-state index contributed by atoms with van der Waals surface area (Å²) in [7, 11) is 0. The Morgan fingerprint density at radius 3 is 2.62 bits per heavy atom. The first kappa shape index (κ1) is 15.2. The molecule has 1 aliphatic rings. The van der Waals surface area contributed by atoms with Crippen LogP contribution >= 0.6 is 0 Å². The number of hydrogen-bond acceptors (Lipinski definition) is 5. The molecule has 0 bridgehead atoms. The summed E-state index contributed by atoms with van der Waals surface area (Å²) in [6.45, 7) is 1.38. The number of piperidine rings is 1. The molecule has 21 heavy (non-hydrogen) atoms. The highest BCUT2D eigenvalue weighted by molar-refractivity contribution is 5.88. The number of nitrogens with zero attached hydrogens (tertiary/aromatic N) is 3. The lowest BCUT2D eigenvalue weighted by Gasteiger charge is -2.31. The topological polar surface area (TPSA) is 105 Å². The number of likely N-dealkylation sites (tertiary alicyclic amines) is 1. The van der Waals surface area contributed by atoms with Gasteiger partial charge in [-0.3, -0.25) is 4.79 Å². The zero-order valence-corrected chi connectivity index (χ0v) is 11.6. The number of carbonyl (C=O) groups excluding carboxylic acids is 1. The number of urea groups is 1. The van der Waals surface area contributed by atoms with Gasteiger partial charge in [0.15, 0.2) is 0 Å².